The van der Waals surface area contributed by atoms with Crippen LogP contribution in [0.1, 0.15) is 45.0 Å². The quantitative estimate of drug-likeness (QED) is 0.123. The Labute approximate surface area is 331 Å². The van der Waals surface area contributed by atoms with Crippen LogP contribution in [-0.2, 0) is 51.3 Å². The minimum Gasteiger partial charge on any atom is -0.496 e. The fourth-order valence-corrected chi connectivity index (χ4v) is 6.91. The van der Waals surface area contributed by atoms with Crippen molar-refractivity contribution >= 4 is 23.5 Å². The number of carbonyl (C=O) groups excluding carboxylic acids is 3. The lowest BCUT2D eigenvalue weighted by Gasteiger charge is -2.31. The maximum atomic E-state index is 13.5. The number of nitriles is 1. The zero-order valence-corrected chi connectivity index (χ0v) is 31.3. The number of hydrogen-bond donors (Lipinski definition) is 3. The molecule has 0 bridgehead atoms. The summed E-state index contributed by atoms with van der Waals surface area (Å²) in [4.78, 5) is 39.5. The van der Waals surface area contributed by atoms with Crippen molar-refractivity contribution in [1.82, 2.24) is 10.6 Å². The molecular formula is C44H37F3N4O7. The van der Waals surface area contributed by atoms with E-state index < -0.39 is 41.8 Å². The Balaban J connectivity index is 0.963. The van der Waals surface area contributed by atoms with Crippen LogP contribution >= 0.6 is 0 Å². The monoisotopic (exact) mass is 790 g/mol. The van der Waals surface area contributed by atoms with E-state index in [0.29, 0.717) is 40.4 Å². The van der Waals surface area contributed by atoms with E-state index in [0.717, 1.165) is 33.9 Å². The van der Waals surface area contributed by atoms with Crippen LogP contribution in [0.4, 0.5) is 18.9 Å². The topological polar surface area (TPSA) is 148 Å². The van der Waals surface area contributed by atoms with Gasteiger partial charge in [0.1, 0.15) is 29.9 Å². The number of ether oxygens (including phenoxy) is 4. The van der Waals surface area contributed by atoms with E-state index in [2.05, 4.69) is 22.0 Å². The summed E-state index contributed by atoms with van der Waals surface area (Å²) < 4.78 is 62.0. The van der Waals surface area contributed by atoms with Crippen LogP contribution in [0.25, 0.3) is 11.1 Å². The van der Waals surface area contributed by atoms with Crippen molar-refractivity contribution in [2.24, 2.45) is 0 Å². The summed E-state index contributed by atoms with van der Waals surface area (Å²) in [5.74, 6) is -0.813. The molecule has 1 unspecified atom stereocenters. The number of nitrogens with one attached hydrogen (secondary N) is 3. The first-order valence-electron chi connectivity index (χ1n) is 18.2. The lowest BCUT2D eigenvalue weighted by Crippen LogP contribution is -2.53. The standard InChI is InChI=1S/C44H37F3N4O7/c1-55-38-16-7-27(17-34(38)44(45,46)47)24-57-33-14-12-30(13-15-33)40-42(53)50-35-19-31-20-36(49-23-32(31)21-39(35)58-40)41(52)51-37(43(54)56-2)18-25-3-8-28(9-4-25)29-10-5-26(22-48)6-11-29/h3-17,19,21,36-37,40,49H,18,20,23-24H2,1-2H3,(H,50,53)(H,51,52)/t36?,37-,40-/m0/s1. The second-order valence-electron chi connectivity index (χ2n) is 13.8. The lowest BCUT2D eigenvalue weighted by molar-refractivity contribution is -0.145. The SMILES string of the molecule is COC(=O)[C@H](Cc1ccc(-c2ccc(C#N)cc2)cc1)NC(=O)C1Cc2cc3c(cc2CN1)O[C@@H](c1ccc(OCc2ccc(OC)c(C(F)(F)F)c2)cc1)C(=O)N3. The van der Waals surface area contributed by atoms with Crippen molar-refractivity contribution in [3.63, 3.8) is 0 Å². The fourth-order valence-electron chi connectivity index (χ4n) is 6.91. The Kier molecular flexibility index (Phi) is 11.3. The third kappa shape index (κ3) is 8.75. The number of amides is 2. The Morgan fingerprint density at radius 1 is 0.914 bits per heavy atom. The smallest absolute Gasteiger partial charge is 0.419 e. The van der Waals surface area contributed by atoms with E-state index in [1.54, 1.807) is 42.5 Å². The van der Waals surface area contributed by atoms with Crippen molar-refractivity contribution < 1.29 is 46.5 Å². The number of benzene rings is 5. The molecule has 2 amide bonds. The summed E-state index contributed by atoms with van der Waals surface area (Å²) in [6.07, 6.45) is -5.07. The predicted molar refractivity (Wildman–Crippen MR) is 206 cm³/mol. The van der Waals surface area contributed by atoms with Crippen molar-refractivity contribution in [1.29, 1.82) is 5.26 Å². The number of methoxy groups -OCH3 is 2. The number of anilines is 1. The molecule has 58 heavy (non-hydrogen) atoms. The molecule has 7 rings (SSSR count). The first-order chi connectivity index (χ1) is 27.9. The average molecular weight is 791 g/mol. The van der Waals surface area contributed by atoms with Gasteiger partial charge < -0.3 is 34.9 Å². The third-order valence-corrected chi connectivity index (χ3v) is 10.0. The number of halogens is 3. The lowest BCUT2D eigenvalue weighted by atomic mass is 9.93. The molecule has 0 radical (unpaired) electrons. The molecule has 5 aromatic carbocycles. The van der Waals surface area contributed by atoms with Gasteiger partial charge in [0.25, 0.3) is 5.91 Å². The molecular weight excluding hydrogens is 753 g/mol. The summed E-state index contributed by atoms with van der Waals surface area (Å²) in [5.41, 5.74) is 5.37. The summed E-state index contributed by atoms with van der Waals surface area (Å²) in [5, 5.41) is 18.0. The number of alkyl halides is 3. The highest BCUT2D eigenvalue weighted by molar-refractivity contribution is 5.98. The Bertz CT molecular complexity index is 2380. The van der Waals surface area contributed by atoms with Gasteiger partial charge >= 0.3 is 12.1 Å². The minimum atomic E-state index is -4.58. The van der Waals surface area contributed by atoms with Crippen LogP contribution < -0.4 is 30.2 Å². The van der Waals surface area contributed by atoms with Crippen LogP contribution in [0.5, 0.6) is 17.2 Å². The molecule has 296 valence electrons. The fraction of sp³-hybridized carbons (Fsp3) is 0.227. The molecule has 11 nitrogen and oxygen atoms in total. The minimum absolute atomic E-state index is 0.120. The average Bonchev–Trinajstić information content (AvgIpc) is 3.24. The normalized spacial score (nSPS) is 16.3. The van der Waals surface area contributed by atoms with Crippen LogP contribution in [-0.4, -0.2) is 44.1 Å². The number of esters is 1. The van der Waals surface area contributed by atoms with Crippen molar-refractivity contribution in [2.45, 2.75) is 50.4 Å². The maximum Gasteiger partial charge on any atom is 0.419 e. The highest BCUT2D eigenvalue weighted by atomic mass is 19.4. The van der Waals surface area contributed by atoms with Crippen molar-refractivity contribution in [3.05, 3.63) is 142 Å². The Morgan fingerprint density at radius 3 is 2.26 bits per heavy atom. The second kappa shape index (κ2) is 16.7. The molecule has 5 aromatic rings. The van der Waals surface area contributed by atoms with E-state index in [1.165, 1.54) is 26.4 Å². The molecule has 0 fully saturated rings. The van der Waals surface area contributed by atoms with Crippen LogP contribution in [0.15, 0.2) is 103 Å². The van der Waals surface area contributed by atoms with Crippen molar-refractivity contribution in [2.75, 3.05) is 19.5 Å². The first-order valence-corrected chi connectivity index (χ1v) is 18.2. The molecule has 2 aliphatic heterocycles. The number of rotatable bonds is 11. The first kappa shape index (κ1) is 39.4. The summed E-state index contributed by atoms with van der Waals surface area (Å²) in [6.45, 7) is 0.206. The van der Waals surface area contributed by atoms with Gasteiger partial charge in [0.05, 0.1) is 43.1 Å². The molecule has 2 aliphatic rings. The molecule has 0 spiro atoms. The number of fused-ring (bicyclic) bond motifs is 2. The zero-order valence-electron chi connectivity index (χ0n) is 31.3. The molecule has 2 heterocycles. The summed E-state index contributed by atoms with van der Waals surface area (Å²) >= 11 is 0. The van der Waals surface area contributed by atoms with E-state index in [4.69, 9.17) is 24.2 Å². The Hall–Kier alpha value is -6.85. The molecule has 3 atom stereocenters. The van der Waals surface area contributed by atoms with Gasteiger partial charge in [-0.15, -0.1) is 0 Å². The van der Waals surface area contributed by atoms with Crippen LogP contribution in [0.2, 0.25) is 0 Å². The molecule has 0 aliphatic carbocycles. The van der Waals surface area contributed by atoms with Gasteiger partial charge in [0, 0.05) is 18.5 Å². The molecule has 14 heteroatoms. The van der Waals surface area contributed by atoms with Crippen LogP contribution in [0, 0.1) is 11.3 Å². The molecule has 3 N–H and O–H groups in total. The van der Waals surface area contributed by atoms with E-state index in [9.17, 15) is 27.6 Å². The van der Waals surface area contributed by atoms with E-state index >= 15 is 0 Å². The number of nitrogens with zero attached hydrogens (tertiary/aromatic N) is 1. The zero-order chi connectivity index (χ0) is 41.0. The van der Waals surface area contributed by atoms with E-state index in [-0.39, 0.29) is 31.1 Å². The van der Waals surface area contributed by atoms with Gasteiger partial charge in [-0.3, -0.25) is 9.59 Å². The van der Waals surface area contributed by atoms with Gasteiger partial charge in [-0.25, -0.2) is 4.79 Å². The number of hydrogen-bond acceptors (Lipinski definition) is 9. The molecule has 0 saturated heterocycles. The Morgan fingerprint density at radius 2 is 1.60 bits per heavy atom. The third-order valence-electron chi connectivity index (χ3n) is 10.0. The second-order valence-corrected chi connectivity index (χ2v) is 13.8. The molecule has 0 aromatic heterocycles. The maximum absolute atomic E-state index is 13.5. The van der Waals surface area contributed by atoms with Crippen LogP contribution in [0.3, 0.4) is 0 Å². The highest BCUT2D eigenvalue weighted by Crippen LogP contribution is 2.39. The van der Waals surface area contributed by atoms with Gasteiger partial charge in [-0.05, 0) is 88.3 Å². The summed E-state index contributed by atoms with van der Waals surface area (Å²) in [6, 6.07) is 29.2. The van der Waals surface area contributed by atoms with Gasteiger partial charge in [-0.1, -0.05) is 54.6 Å². The van der Waals surface area contributed by atoms with Gasteiger partial charge in [0.2, 0.25) is 12.0 Å². The highest BCUT2D eigenvalue weighted by Gasteiger charge is 2.35. The largest absolute Gasteiger partial charge is 0.496 e. The summed E-state index contributed by atoms with van der Waals surface area (Å²) in [7, 11) is 2.44. The van der Waals surface area contributed by atoms with Crippen molar-refractivity contribution in [3.8, 4) is 34.4 Å². The van der Waals surface area contributed by atoms with E-state index in [1.807, 2.05) is 42.5 Å². The predicted octanol–water partition coefficient (Wildman–Crippen LogP) is 6.82. The molecule has 0 saturated carbocycles. The number of carbonyl (C=O) groups is 3. The van der Waals surface area contributed by atoms with Gasteiger partial charge in [-0.2, -0.15) is 18.4 Å². The van der Waals surface area contributed by atoms with Gasteiger partial charge in [0.15, 0.2) is 0 Å².